The van der Waals surface area contributed by atoms with Crippen LogP contribution in [-0.2, 0) is 6.54 Å². The van der Waals surface area contributed by atoms with Gasteiger partial charge in [0, 0.05) is 18.6 Å². The van der Waals surface area contributed by atoms with E-state index in [0.29, 0.717) is 17.3 Å². The van der Waals surface area contributed by atoms with Crippen molar-refractivity contribution in [3.63, 3.8) is 0 Å². The molecule has 1 heterocycles. The quantitative estimate of drug-likeness (QED) is 0.902. The van der Waals surface area contributed by atoms with E-state index in [1.165, 1.54) is 6.20 Å². The molecule has 1 aromatic heterocycles. The first-order valence-corrected chi connectivity index (χ1v) is 5.40. The number of halogens is 1. The molecule has 0 aliphatic rings. The minimum absolute atomic E-state index is 0.172. The molecule has 1 aromatic carbocycles. The third-order valence-electron chi connectivity index (χ3n) is 2.31. The maximum absolute atomic E-state index is 11.9. The van der Waals surface area contributed by atoms with E-state index < -0.39 is 0 Å². The Morgan fingerprint density at radius 2 is 2.12 bits per heavy atom. The molecular weight excluding hydrogens is 240 g/mol. The van der Waals surface area contributed by atoms with Crippen molar-refractivity contribution < 1.29 is 4.79 Å². The fraction of sp³-hybridized carbons (Fsp3) is 0.182. The Hall–Kier alpha value is -1.88. The summed E-state index contributed by atoms with van der Waals surface area (Å²) in [7, 11) is 1.71. The highest BCUT2D eigenvalue weighted by molar-refractivity contribution is 6.30. The molecule has 0 unspecified atom stereocenters. The van der Waals surface area contributed by atoms with Gasteiger partial charge < -0.3 is 4.90 Å². The summed E-state index contributed by atoms with van der Waals surface area (Å²) in [5.74, 6) is -0.172. The van der Waals surface area contributed by atoms with Gasteiger partial charge in [-0.15, -0.1) is 0 Å². The fourth-order valence-electron chi connectivity index (χ4n) is 1.44. The summed E-state index contributed by atoms with van der Waals surface area (Å²) < 4.78 is 0. The molecule has 0 saturated carbocycles. The first-order chi connectivity index (χ1) is 8.16. The van der Waals surface area contributed by atoms with E-state index in [-0.39, 0.29) is 5.91 Å². The third-order valence-corrected chi connectivity index (χ3v) is 2.57. The van der Waals surface area contributed by atoms with Gasteiger partial charge in [0.05, 0.1) is 6.20 Å². The monoisotopic (exact) mass is 250 g/mol. The first kappa shape index (κ1) is 11.6. The first-order valence-electron chi connectivity index (χ1n) is 5.02. The molecule has 88 valence electrons. The number of aromatic nitrogens is 3. The van der Waals surface area contributed by atoms with Crippen LogP contribution in [0.15, 0.2) is 30.5 Å². The SMILES string of the molecule is CN(Cc1ccc(Cl)cc1)C(=O)c1cn[nH]n1. The van der Waals surface area contributed by atoms with Crippen LogP contribution in [0.3, 0.4) is 0 Å². The molecule has 0 fully saturated rings. The number of aromatic amines is 1. The van der Waals surface area contributed by atoms with Crippen LogP contribution in [0.5, 0.6) is 0 Å². The predicted octanol–water partition coefficient (Wildman–Crippen LogP) is 1.73. The minimum atomic E-state index is -0.172. The smallest absolute Gasteiger partial charge is 0.276 e. The number of carbonyl (C=O) groups excluding carboxylic acids is 1. The van der Waals surface area contributed by atoms with Crippen LogP contribution in [0.1, 0.15) is 16.1 Å². The van der Waals surface area contributed by atoms with Gasteiger partial charge >= 0.3 is 0 Å². The molecule has 2 rings (SSSR count). The number of hydrogen-bond acceptors (Lipinski definition) is 3. The third kappa shape index (κ3) is 2.82. The molecule has 0 bridgehead atoms. The lowest BCUT2D eigenvalue weighted by molar-refractivity contribution is 0.0779. The number of H-pyrrole nitrogens is 1. The van der Waals surface area contributed by atoms with Crippen LogP contribution in [-0.4, -0.2) is 33.3 Å². The molecule has 0 spiro atoms. The Kier molecular flexibility index (Phi) is 3.39. The van der Waals surface area contributed by atoms with Crippen LogP contribution in [0.2, 0.25) is 5.02 Å². The lowest BCUT2D eigenvalue weighted by atomic mass is 10.2. The fourth-order valence-corrected chi connectivity index (χ4v) is 1.56. The van der Waals surface area contributed by atoms with Gasteiger partial charge in [0.1, 0.15) is 0 Å². The van der Waals surface area contributed by atoms with E-state index >= 15 is 0 Å². The molecule has 0 atom stereocenters. The van der Waals surface area contributed by atoms with Gasteiger partial charge in [0.25, 0.3) is 5.91 Å². The van der Waals surface area contributed by atoms with Crippen molar-refractivity contribution in [2.45, 2.75) is 6.54 Å². The second-order valence-corrected chi connectivity index (χ2v) is 4.08. The second-order valence-electron chi connectivity index (χ2n) is 3.64. The molecule has 6 heteroatoms. The highest BCUT2D eigenvalue weighted by Crippen LogP contribution is 2.11. The Morgan fingerprint density at radius 1 is 1.41 bits per heavy atom. The zero-order valence-corrected chi connectivity index (χ0v) is 9.98. The lowest BCUT2D eigenvalue weighted by Crippen LogP contribution is -2.26. The van der Waals surface area contributed by atoms with Crippen LogP contribution in [0.4, 0.5) is 0 Å². The molecule has 0 aliphatic heterocycles. The topological polar surface area (TPSA) is 61.9 Å². The number of nitrogens with zero attached hydrogens (tertiary/aromatic N) is 3. The molecule has 1 amide bonds. The molecule has 17 heavy (non-hydrogen) atoms. The van der Waals surface area contributed by atoms with Crippen LogP contribution < -0.4 is 0 Å². The number of benzene rings is 1. The Bertz CT molecular complexity index is 495. The van der Waals surface area contributed by atoms with Crippen molar-refractivity contribution in [2.24, 2.45) is 0 Å². The van der Waals surface area contributed by atoms with Crippen molar-refractivity contribution in [3.05, 3.63) is 46.7 Å². The second kappa shape index (κ2) is 4.97. The standard InChI is InChI=1S/C11H11ClN4O/c1-16(11(17)10-6-13-15-14-10)7-8-2-4-9(12)5-3-8/h2-6H,7H2,1H3,(H,13,14,15). The highest BCUT2D eigenvalue weighted by Gasteiger charge is 2.14. The Morgan fingerprint density at radius 3 is 2.71 bits per heavy atom. The normalized spacial score (nSPS) is 10.2. The van der Waals surface area contributed by atoms with Gasteiger partial charge in [0.2, 0.25) is 0 Å². The lowest BCUT2D eigenvalue weighted by Gasteiger charge is -2.15. The van der Waals surface area contributed by atoms with Gasteiger partial charge in [-0.25, -0.2) is 0 Å². The summed E-state index contributed by atoms with van der Waals surface area (Å²) in [6.45, 7) is 0.503. The zero-order valence-electron chi connectivity index (χ0n) is 9.22. The zero-order chi connectivity index (χ0) is 12.3. The number of carbonyl (C=O) groups is 1. The van der Waals surface area contributed by atoms with Crippen molar-refractivity contribution in [3.8, 4) is 0 Å². The summed E-state index contributed by atoms with van der Waals surface area (Å²) in [5.41, 5.74) is 1.32. The molecule has 0 saturated heterocycles. The number of rotatable bonds is 3. The highest BCUT2D eigenvalue weighted by atomic mass is 35.5. The van der Waals surface area contributed by atoms with E-state index in [1.807, 2.05) is 12.1 Å². The van der Waals surface area contributed by atoms with Crippen molar-refractivity contribution in [1.29, 1.82) is 0 Å². The van der Waals surface area contributed by atoms with E-state index in [0.717, 1.165) is 5.56 Å². The van der Waals surface area contributed by atoms with Gasteiger partial charge in [-0.1, -0.05) is 23.7 Å². The molecule has 0 aliphatic carbocycles. The number of amides is 1. The van der Waals surface area contributed by atoms with E-state index in [2.05, 4.69) is 15.4 Å². The summed E-state index contributed by atoms with van der Waals surface area (Å²) >= 11 is 5.79. The van der Waals surface area contributed by atoms with Crippen molar-refractivity contribution in [1.82, 2.24) is 20.3 Å². The van der Waals surface area contributed by atoms with Crippen molar-refractivity contribution >= 4 is 17.5 Å². The molecule has 1 N–H and O–H groups in total. The minimum Gasteiger partial charge on any atom is -0.336 e. The summed E-state index contributed by atoms with van der Waals surface area (Å²) in [4.78, 5) is 13.4. The van der Waals surface area contributed by atoms with E-state index in [4.69, 9.17) is 11.6 Å². The van der Waals surface area contributed by atoms with E-state index in [1.54, 1.807) is 24.1 Å². The Labute approximate surface area is 103 Å². The van der Waals surface area contributed by atoms with Gasteiger partial charge in [-0.2, -0.15) is 15.4 Å². The molecule has 0 radical (unpaired) electrons. The molecular formula is C11H11ClN4O. The average molecular weight is 251 g/mol. The predicted molar refractivity (Wildman–Crippen MR) is 63.6 cm³/mol. The molecule has 2 aromatic rings. The van der Waals surface area contributed by atoms with E-state index in [9.17, 15) is 4.79 Å². The van der Waals surface area contributed by atoms with Gasteiger partial charge in [-0.05, 0) is 17.7 Å². The van der Waals surface area contributed by atoms with Crippen molar-refractivity contribution in [2.75, 3.05) is 7.05 Å². The van der Waals surface area contributed by atoms with Crippen LogP contribution in [0.25, 0.3) is 0 Å². The summed E-state index contributed by atoms with van der Waals surface area (Å²) in [6, 6.07) is 7.36. The van der Waals surface area contributed by atoms with Crippen LogP contribution in [0, 0.1) is 0 Å². The average Bonchev–Trinajstić information content (AvgIpc) is 2.84. The summed E-state index contributed by atoms with van der Waals surface area (Å²) in [5, 5.41) is 10.4. The Balaban J connectivity index is 2.04. The van der Waals surface area contributed by atoms with Crippen LogP contribution >= 0.6 is 11.6 Å². The number of nitrogens with one attached hydrogen (secondary N) is 1. The van der Waals surface area contributed by atoms with Gasteiger partial charge in [-0.3, -0.25) is 4.79 Å². The maximum Gasteiger partial charge on any atom is 0.276 e. The molecule has 5 nitrogen and oxygen atoms in total. The summed E-state index contributed by atoms with van der Waals surface area (Å²) in [6.07, 6.45) is 1.40. The number of hydrogen-bond donors (Lipinski definition) is 1. The van der Waals surface area contributed by atoms with Gasteiger partial charge in [0.15, 0.2) is 5.69 Å². The largest absolute Gasteiger partial charge is 0.336 e. The maximum atomic E-state index is 11.9.